The van der Waals surface area contributed by atoms with Crippen LogP contribution >= 0.6 is 11.8 Å². The third kappa shape index (κ3) is 7.71. The summed E-state index contributed by atoms with van der Waals surface area (Å²) in [5, 5.41) is 5.78. The molecule has 0 fully saturated rings. The normalized spacial score (nSPS) is 11.9. The largest absolute Gasteiger partial charge is 0.446 e. The van der Waals surface area contributed by atoms with Crippen LogP contribution in [0.5, 0.6) is 0 Å². The molecule has 35 heavy (non-hydrogen) atoms. The number of carbonyl (C=O) groups is 1. The Morgan fingerprint density at radius 3 is 2.74 bits per heavy atom. The number of hydrogen-bond donors (Lipinski definition) is 3. The van der Waals surface area contributed by atoms with Gasteiger partial charge in [0.1, 0.15) is 0 Å². The van der Waals surface area contributed by atoms with Gasteiger partial charge in [0, 0.05) is 34.2 Å². The van der Waals surface area contributed by atoms with Gasteiger partial charge in [-0.15, -0.1) is 0 Å². The molecule has 0 saturated heterocycles. The van der Waals surface area contributed by atoms with Crippen LogP contribution in [0.2, 0.25) is 0 Å². The van der Waals surface area contributed by atoms with E-state index in [1.54, 1.807) is 24.3 Å². The van der Waals surface area contributed by atoms with Crippen molar-refractivity contribution in [2.24, 2.45) is 10.7 Å². The van der Waals surface area contributed by atoms with E-state index in [1.165, 1.54) is 49.0 Å². The van der Waals surface area contributed by atoms with Crippen molar-refractivity contribution < 1.29 is 18.0 Å². The fraction of sp³-hybridized carbons (Fsp3) is 0.0833. The number of aryl methyl sites for hydroxylation is 1. The first-order chi connectivity index (χ1) is 16.6. The number of benzene rings is 2. The van der Waals surface area contributed by atoms with E-state index in [4.69, 9.17) is 5.73 Å². The Hall–Kier alpha value is -4.12. The topological polar surface area (TPSA) is 105 Å². The number of halogens is 3. The van der Waals surface area contributed by atoms with Crippen molar-refractivity contribution in [3.05, 3.63) is 90.4 Å². The van der Waals surface area contributed by atoms with Crippen LogP contribution in [-0.2, 0) is 0 Å². The molecule has 0 bridgehead atoms. The lowest BCUT2D eigenvalue weighted by Crippen LogP contribution is -2.12. The lowest BCUT2D eigenvalue weighted by Gasteiger charge is -2.12. The van der Waals surface area contributed by atoms with Crippen molar-refractivity contribution in [1.29, 1.82) is 0 Å². The molecule has 7 nitrogen and oxygen atoms in total. The summed E-state index contributed by atoms with van der Waals surface area (Å²) in [7, 11) is 0. The number of anilines is 3. The monoisotopic (exact) mass is 498 g/mol. The predicted octanol–water partition coefficient (Wildman–Crippen LogP) is 5.91. The molecule has 2 aromatic carbocycles. The first-order valence-electron chi connectivity index (χ1n) is 10.1. The fourth-order valence-corrected chi connectivity index (χ4v) is 3.42. The predicted molar refractivity (Wildman–Crippen MR) is 134 cm³/mol. The minimum Gasteiger partial charge on any atom is -0.396 e. The molecule has 11 heteroatoms. The summed E-state index contributed by atoms with van der Waals surface area (Å²) >= 11 is -0.276. The highest BCUT2D eigenvalue weighted by atomic mass is 32.2. The van der Waals surface area contributed by atoms with E-state index in [0.717, 1.165) is 5.56 Å². The zero-order valence-corrected chi connectivity index (χ0v) is 19.3. The Bertz CT molecular complexity index is 1290. The van der Waals surface area contributed by atoms with Crippen LogP contribution in [-0.4, -0.2) is 27.6 Å². The molecule has 1 amide bonds. The molecule has 1 heterocycles. The van der Waals surface area contributed by atoms with E-state index in [-0.39, 0.29) is 28.2 Å². The number of aliphatic imine (C=N–C) groups is 1. The van der Waals surface area contributed by atoms with Crippen molar-refractivity contribution in [2.45, 2.75) is 17.3 Å². The molecule has 0 spiro atoms. The lowest BCUT2D eigenvalue weighted by atomic mass is 10.1. The van der Waals surface area contributed by atoms with Gasteiger partial charge in [-0.1, -0.05) is 24.8 Å². The second-order valence-corrected chi connectivity index (χ2v) is 8.21. The number of nitrogens with two attached hydrogens (primary N) is 1. The average Bonchev–Trinajstić information content (AvgIpc) is 2.80. The summed E-state index contributed by atoms with van der Waals surface area (Å²) in [6.45, 7) is 5.39. The van der Waals surface area contributed by atoms with Crippen molar-refractivity contribution in [3.63, 3.8) is 0 Å². The van der Waals surface area contributed by atoms with Gasteiger partial charge in [-0.3, -0.25) is 9.79 Å². The van der Waals surface area contributed by atoms with Gasteiger partial charge in [-0.05, 0) is 60.6 Å². The first-order valence-corrected chi connectivity index (χ1v) is 10.9. The molecular formula is C24H21F3N6OS. The van der Waals surface area contributed by atoms with Gasteiger partial charge in [0.15, 0.2) is 0 Å². The van der Waals surface area contributed by atoms with Crippen LogP contribution < -0.4 is 16.4 Å². The number of thioether (sulfide) groups is 1. The molecule has 1 aromatic heterocycles. The van der Waals surface area contributed by atoms with Crippen LogP contribution in [0.1, 0.15) is 21.6 Å². The average molecular weight is 499 g/mol. The summed E-state index contributed by atoms with van der Waals surface area (Å²) in [5.41, 5.74) is 4.35. The van der Waals surface area contributed by atoms with Gasteiger partial charge < -0.3 is 16.4 Å². The first kappa shape index (κ1) is 25.5. The smallest absolute Gasteiger partial charge is 0.396 e. The highest BCUT2D eigenvalue weighted by Crippen LogP contribution is 2.37. The van der Waals surface area contributed by atoms with Gasteiger partial charge in [0.25, 0.3) is 5.91 Å². The number of carbonyl (C=O) groups excluding carboxylic acids is 1. The molecule has 0 radical (unpaired) electrons. The summed E-state index contributed by atoms with van der Waals surface area (Å²) < 4.78 is 37.9. The second-order valence-electron chi connectivity index (χ2n) is 7.07. The number of aromatic nitrogens is 2. The Kier molecular flexibility index (Phi) is 8.26. The SMILES string of the molecule is C=CC=N/C=C(\N)c1ccnc(Nc2cc(NC(=O)c3cccc(SC(F)(F)F)c3)ccc2C)n1. The quantitative estimate of drug-likeness (QED) is 0.264. The van der Waals surface area contributed by atoms with Crippen molar-refractivity contribution in [3.8, 4) is 0 Å². The molecule has 3 rings (SSSR count). The molecule has 3 aromatic rings. The van der Waals surface area contributed by atoms with E-state index >= 15 is 0 Å². The van der Waals surface area contributed by atoms with Gasteiger partial charge in [-0.2, -0.15) is 13.2 Å². The van der Waals surface area contributed by atoms with E-state index in [9.17, 15) is 18.0 Å². The van der Waals surface area contributed by atoms with Gasteiger partial charge in [0.2, 0.25) is 5.95 Å². The minimum absolute atomic E-state index is 0.0723. The zero-order valence-electron chi connectivity index (χ0n) is 18.5. The Morgan fingerprint density at radius 1 is 1.20 bits per heavy atom. The molecule has 0 aliphatic heterocycles. The van der Waals surface area contributed by atoms with Crippen LogP contribution in [0.3, 0.4) is 0 Å². The van der Waals surface area contributed by atoms with Crippen LogP contribution in [0, 0.1) is 6.92 Å². The van der Waals surface area contributed by atoms with Crippen LogP contribution in [0.15, 0.2) is 83.5 Å². The summed E-state index contributed by atoms with van der Waals surface area (Å²) in [5.74, 6) is -0.268. The Labute approximate surface area is 204 Å². The number of amides is 1. The maximum Gasteiger partial charge on any atom is 0.446 e. The van der Waals surface area contributed by atoms with Crippen LogP contribution in [0.25, 0.3) is 5.70 Å². The zero-order chi connectivity index (χ0) is 25.4. The fourth-order valence-electron chi connectivity index (χ4n) is 2.82. The molecule has 0 aliphatic carbocycles. The molecule has 0 atom stereocenters. The standard InChI is InChI=1S/C24H21F3N6OS/c1-3-10-29-14-19(28)20-9-11-30-23(32-20)33-21-13-17(8-7-15(21)2)31-22(34)16-5-4-6-18(12-16)35-24(25,26)27/h3-14H,1,28H2,2H3,(H,31,34)(H,30,32,33)/b19-14-,29-10?. The van der Waals surface area contributed by atoms with Crippen molar-refractivity contribution in [2.75, 3.05) is 10.6 Å². The summed E-state index contributed by atoms with van der Waals surface area (Å²) in [6.07, 6.45) is 5.98. The van der Waals surface area contributed by atoms with Crippen molar-refractivity contribution in [1.82, 2.24) is 9.97 Å². The maximum atomic E-state index is 12.6. The van der Waals surface area contributed by atoms with Crippen LogP contribution in [0.4, 0.5) is 30.5 Å². The number of rotatable bonds is 8. The minimum atomic E-state index is -4.44. The molecule has 0 saturated carbocycles. The highest BCUT2D eigenvalue weighted by molar-refractivity contribution is 8.00. The Balaban J connectivity index is 1.77. The van der Waals surface area contributed by atoms with E-state index < -0.39 is 11.4 Å². The third-order valence-electron chi connectivity index (χ3n) is 4.43. The molecule has 180 valence electrons. The third-order valence-corrected chi connectivity index (χ3v) is 5.15. The molecule has 4 N–H and O–H groups in total. The number of nitrogens with one attached hydrogen (secondary N) is 2. The van der Waals surface area contributed by atoms with E-state index in [0.29, 0.717) is 22.8 Å². The van der Waals surface area contributed by atoms with Gasteiger partial charge in [-0.25, -0.2) is 9.97 Å². The second kappa shape index (κ2) is 11.3. The number of nitrogens with zero attached hydrogens (tertiary/aromatic N) is 3. The lowest BCUT2D eigenvalue weighted by molar-refractivity contribution is -0.0328. The van der Waals surface area contributed by atoms with Gasteiger partial charge >= 0.3 is 5.51 Å². The van der Waals surface area contributed by atoms with Gasteiger partial charge in [0.05, 0.1) is 17.6 Å². The van der Waals surface area contributed by atoms with E-state index in [1.807, 2.05) is 6.92 Å². The molecule has 0 aliphatic rings. The Morgan fingerprint density at radius 2 is 2.00 bits per heavy atom. The number of alkyl halides is 3. The molecule has 0 unspecified atom stereocenters. The highest BCUT2D eigenvalue weighted by Gasteiger charge is 2.29. The number of hydrogen-bond acceptors (Lipinski definition) is 7. The van der Waals surface area contributed by atoms with E-state index in [2.05, 4.69) is 32.2 Å². The number of allylic oxidation sites excluding steroid dienone is 1. The van der Waals surface area contributed by atoms with Crippen molar-refractivity contribution >= 4 is 46.9 Å². The molecular weight excluding hydrogens is 477 g/mol. The maximum absolute atomic E-state index is 12.6. The summed E-state index contributed by atoms with van der Waals surface area (Å²) in [4.78, 5) is 25.1. The summed E-state index contributed by atoms with van der Waals surface area (Å²) in [6, 6.07) is 12.1.